The van der Waals surface area contributed by atoms with Gasteiger partial charge in [-0.15, -0.1) is 6.42 Å². The summed E-state index contributed by atoms with van der Waals surface area (Å²) in [7, 11) is 0. The maximum Gasteiger partial charge on any atom is 0.118 e. The van der Waals surface area contributed by atoms with Gasteiger partial charge in [-0.3, -0.25) is 4.90 Å². The van der Waals surface area contributed by atoms with Gasteiger partial charge < -0.3 is 9.73 Å². The number of nitrogens with zero attached hydrogens (tertiary/aromatic N) is 1. The summed E-state index contributed by atoms with van der Waals surface area (Å²) in [4.78, 5) is 2.36. The first-order valence-electron chi connectivity index (χ1n) is 7.56. The lowest BCUT2D eigenvalue weighted by Gasteiger charge is -2.18. The second-order valence-electron chi connectivity index (χ2n) is 6.15. The van der Waals surface area contributed by atoms with Crippen LogP contribution in [0, 0.1) is 25.2 Å². The largest absolute Gasteiger partial charge is 0.465 e. The van der Waals surface area contributed by atoms with Crippen molar-refractivity contribution in [3.05, 3.63) is 23.2 Å². The van der Waals surface area contributed by atoms with Crippen LogP contribution in [0.15, 0.2) is 10.5 Å². The van der Waals surface area contributed by atoms with E-state index in [2.05, 4.69) is 36.1 Å². The SMILES string of the molecule is C#CCN(Cc1cc(CNC(C)C)oc1C)CC1CC1. The van der Waals surface area contributed by atoms with Crippen molar-refractivity contribution in [1.82, 2.24) is 10.2 Å². The third kappa shape index (κ3) is 4.70. The van der Waals surface area contributed by atoms with E-state index in [-0.39, 0.29) is 0 Å². The first-order chi connectivity index (χ1) is 9.58. The fourth-order valence-electron chi connectivity index (χ4n) is 2.36. The van der Waals surface area contributed by atoms with E-state index < -0.39 is 0 Å². The van der Waals surface area contributed by atoms with Gasteiger partial charge in [-0.05, 0) is 31.7 Å². The summed E-state index contributed by atoms with van der Waals surface area (Å²) < 4.78 is 5.82. The molecule has 1 aliphatic rings. The van der Waals surface area contributed by atoms with Crippen LogP contribution in [0.3, 0.4) is 0 Å². The molecule has 1 saturated carbocycles. The van der Waals surface area contributed by atoms with Gasteiger partial charge in [0, 0.05) is 24.7 Å². The van der Waals surface area contributed by atoms with Crippen LogP contribution in [0.25, 0.3) is 0 Å². The first kappa shape index (κ1) is 15.2. The van der Waals surface area contributed by atoms with Gasteiger partial charge in [0.15, 0.2) is 0 Å². The van der Waals surface area contributed by atoms with Crippen molar-refractivity contribution in [1.29, 1.82) is 0 Å². The predicted octanol–water partition coefficient (Wildman–Crippen LogP) is 2.93. The van der Waals surface area contributed by atoms with E-state index in [1.807, 2.05) is 6.92 Å². The Morgan fingerprint density at radius 2 is 2.25 bits per heavy atom. The highest BCUT2D eigenvalue weighted by Crippen LogP contribution is 2.30. The Kier molecular flexibility index (Phi) is 5.28. The van der Waals surface area contributed by atoms with Crippen LogP contribution >= 0.6 is 0 Å². The summed E-state index contributed by atoms with van der Waals surface area (Å²) in [6.07, 6.45) is 8.19. The van der Waals surface area contributed by atoms with Crippen LogP contribution in [0.1, 0.15) is 43.8 Å². The minimum atomic E-state index is 0.469. The fourth-order valence-corrected chi connectivity index (χ4v) is 2.36. The monoisotopic (exact) mass is 274 g/mol. The first-order valence-corrected chi connectivity index (χ1v) is 7.56. The molecule has 0 aromatic carbocycles. The molecule has 3 heteroatoms. The zero-order chi connectivity index (χ0) is 14.5. The summed E-state index contributed by atoms with van der Waals surface area (Å²) in [6.45, 7) is 9.85. The summed E-state index contributed by atoms with van der Waals surface area (Å²) in [6, 6.07) is 2.64. The predicted molar refractivity (Wildman–Crippen MR) is 82.3 cm³/mol. The zero-order valence-electron chi connectivity index (χ0n) is 12.9. The lowest BCUT2D eigenvalue weighted by Crippen LogP contribution is -2.26. The summed E-state index contributed by atoms with van der Waals surface area (Å²) in [5, 5.41) is 3.38. The summed E-state index contributed by atoms with van der Waals surface area (Å²) >= 11 is 0. The van der Waals surface area contributed by atoms with Gasteiger partial charge in [-0.25, -0.2) is 0 Å². The van der Waals surface area contributed by atoms with Gasteiger partial charge >= 0.3 is 0 Å². The highest BCUT2D eigenvalue weighted by molar-refractivity contribution is 5.21. The van der Waals surface area contributed by atoms with Crippen molar-refractivity contribution in [2.24, 2.45) is 5.92 Å². The summed E-state index contributed by atoms with van der Waals surface area (Å²) in [5.41, 5.74) is 1.27. The van der Waals surface area contributed by atoms with Crippen molar-refractivity contribution in [3.63, 3.8) is 0 Å². The molecule has 0 aliphatic heterocycles. The molecule has 0 bridgehead atoms. The topological polar surface area (TPSA) is 28.4 Å². The van der Waals surface area contributed by atoms with Crippen LogP contribution in [0.2, 0.25) is 0 Å². The minimum Gasteiger partial charge on any atom is -0.465 e. The van der Waals surface area contributed by atoms with E-state index in [1.54, 1.807) is 0 Å². The lowest BCUT2D eigenvalue weighted by molar-refractivity contribution is 0.284. The Labute approximate surface area is 122 Å². The third-order valence-electron chi connectivity index (χ3n) is 3.68. The number of furan rings is 1. The van der Waals surface area contributed by atoms with E-state index in [0.29, 0.717) is 6.04 Å². The number of rotatable bonds is 8. The molecule has 1 heterocycles. The highest BCUT2D eigenvalue weighted by Gasteiger charge is 2.24. The Morgan fingerprint density at radius 1 is 1.50 bits per heavy atom. The molecule has 0 saturated heterocycles. The molecule has 1 N–H and O–H groups in total. The molecule has 0 atom stereocenters. The van der Waals surface area contributed by atoms with Gasteiger partial charge in [0.2, 0.25) is 0 Å². The van der Waals surface area contributed by atoms with Crippen LogP contribution in [0.5, 0.6) is 0 Å². The van der Waals surface area contributed by atoms with Gasteiger partial charge in [-0.2, -0.15) is 0 Å². The molecule has 2 rings (SSSR count). The second kappa shape index (κ2) is 6.97. The molecule has 0 unspecified atom stereocenters. The molecule has 1 aromatic heterocycles. The number of nitrogens with one attached hydrogen (secondary N) is 1. The Hall–Kier alpha value is -1.24. The molecule has 0 radical (unpaired) electrons. The maximum absolute atomic E-state index is 5.82. The quantitative estimate of drug-likeness (QED) is 0.739. The molecule has 3 nitrogen and oxygen atoms in total. The van der Waals surface area contributed by atoms with Crippen LogP contribution in [-0.4, -0.2) is 24.0 Å². The smallest absolute Gasteiger partial charge is 0.118 e. The van der Waals surface area contributed by atoms with E-state index in [9.17, 15) is 0 Å². The van der Waals surface area contributed by atoms with Crippen molar-refractivity contribution < 1.29 is 4.42 Å². The average molecular weight is 274 g/mol. The molecule has 1 fully saturated rings. The van der Waals surface area contributed by atoms with E-state index in [1.165, 1.54) is 18.4 Å². The average Bonchev–Trinajstić information content (AvgIpc) is 3.12. The standard InChI is InChI=1S/C17H26N2O/c1-5-8-19(11-15-6-7-15)12-16-9-17(20-14(16)4)10-18-13(2)3/h1,9,13,15,18H,6-8,10-12H2,2-4H3. The molecule has 0 spiro atoms. The van der Waals surface area contributed by atoms with Gasteiger partial charge in [0.1, 0.15) is 11.5 Å². The Bertz CT molecular complexity index is 466. The molecular formula is C17H26N2O. The normalized spacial score (nSPS) is 15.0. The third-order valence-corrected chi connectivity index (χ3v) is 3.68. The van der Waals surface area contributed by atoms with Crippen molar-refractivity contribution in [2.75, 3.05) is 13.1 Å². The van der Waals surface area contributed by atoms with Crippen LogP contribution < -0.4 is 5.32 Å². The van der Waals surface area contributed by atoms with E-state index >= 15 is 0 Å². The van der Waals surface area contributed by atoms with Crippen LogP contribution in [-0.2, 0) is 13.1 Å². The zero-order valence-corrected chi connectivity index (χ0v) is 12.9. The van der Waals surface area contributed by atoms with Crippen molar-refractivity contribution in [3.8, 4) is 12.3 Å². The Morgan fingerprint density at radius 3 is 2.85 bits per heavy atom. The minimum absolute atomic E-state index is 0.469. The molecule has 0 amide bonds. The van der Waals surface area contributed by atoms with Crippen LogP contribution in [0.4, 0.5) is 0 Å². The number of hydrogen-bond donors (Lipinski definition) is 1. The molecule has 110 valence electrons. The van der Waals surface area contributed by atoms with Gasteiger partial charge in [0.05, 0.1) is 13.1 Å². The number of terminal acetylenes is 1. The molecule has 20 heavy (non-hydrogen) atoms. The van der Waals surface area contributed by atoms with E-state index in [4.69, 9.17) is 10.8 Å². The second-order valence-corrected chi connectivity index (χ2v) is 6.15. The van der Waals surface area contributed by atoms with Crippen molar-refractivity contribution >= 4 is 0 Å². The van der Waals surface area contributed by atoms with Gasteiger partial charge in [0.25, 0.3) is 0 Å². The van der Waals surface area contributed by atoms with E-state index in [0.717, 1.165) is 43.6 Å². The lowest BCUT2D eigenvalue weighted by atomic mass is 10.2. The maximum atomic E-state index is 5.82. The van der Waals surface area contributed by atoms with Gasteiger partial charge in [-0.1, -0.05) is 19.8 Å². The van der Waals surface area contributed by atoms with Crippen molar-refractivity contribution in [2.45, 2.75) is 52.7 Å². The Balaban J connectivity index is 1.94. The molecule has 1 aromatic rings. The number of aryl methyl sites for hydroxylation is 1. The highest BCUT2D eigenvalue weighted by atomic mass is 16.3. The number of hydrogen-bond acceptors (Lipinski definition) is 3. The molecule has 1 aliphatic carbocycles. The summed E-state index contributed by atoms with van der Waals surface area (Å²) in [5.74, 6) is 5.66. The fraction of sp³-hybridized carbons (Fsp3) is 0.647. The molecular weight excluding hydrogens is 248 g/mol.